The molecule has 0 aromatic heterocycles. The van der Waals surface area contributed by atoms with Gasteiger partial charge in [0.1, 0.15) is 0 Å². The lowest BCUT2D eigenvalue weighted by molar-refractivity contribution is -0.129. The molecule has 0 bridgehead atoms. The van der Waals surface area contributed by atoms with E-state index in [9.17, 15) is 4.79 Å². The first kappa shape index (κ1) is 13.1. The quantitative estimate of drug-likeness (QED) is 0.565. The number of amides is 1. The van der Waals surface area contributed by atoms with Crippen molar-refractivity contribution >= 4 is 5.91 Å². The molecule has 0 atom stereocenters. The average Bonchev–Trinajstić information content (AvgIpc) is 2.29. The fourth-order valence-electron chi connectivity index (χ4n) is 0.913. The second kappa shape index (κ2) is 8.68. The zero-order valence-corrected chi connectivity index (χ0v) is 8.19. The number of ether oxygens (including phenoxy) is 1. The van der Waals surface area contributed by atoms with Crippen molar-refractivity contribution in [1.29, 1.82) is 0 Å². The van der Waals surface area contributed by atoms with Crippen molar-refractivity contribution in [3.63, 3.8) is 0 Å². The number of aliphatic hydroxyl groups is 2. The van der Waals surface area contributed by atoms with Gasteiger partial charge in [-0.15, -0.1) is 0 Å². The summed E-state index contributed by atoms with van der Waals surface area (Å²) in [7, 11) is 0. The first-order valence-corrected chi connectivity index (χ1v) is 4.47. The Hall–Kier alpha value is -0.910. The molecule has 1 rings (SSSR count). The number of aliphatic hydroxyl groups excluding tert-OH is 2. The third kappa shape index (κ3) is 5.69. The lowest BCUT2D eigenvalue weighted by atomic mass is 10.4. The van der Waals surface area contributed by atoms with Crippen LogP contribution in [-0.4, -0.2) is 60.5 Å². The van der Waals surface area contributed by atoms with Crippen molar-refractivity contribution in [2.24, 2.45) is 0 Å². The third-order valence-corrected chi connectivity index (χ3v) is 1.60. The van der Waals surface area contributed by atoms with E-state index >= 15 is 0 Å². The van der Waals surface area contributed by atoms with E-state index in [1.165, 1.54) is 6.08 Å². The number of morpholine rings is 1. The molecular formula is C9H17NO4. The summed E-state index contributed by atoms with van der Waals surface area (Å²) < 4.78 is 5.07. The van der Waals surface area contributed by atoms with Gasteiger partial charge in [-0.1, -0.05) is 6.58 Å². The van der Waals surface area contributed by atoms with Gasteiger partial charge in [0, 0.05) is 13.1 Å². The summed E-state index contributed by atoms with van der Waals surface area (Å²) in [5.74, 6) is 0.00306. The number of rotatable bonds is 2. The molecule has 0 aromatic carbocycles. The monoisotopic (exact) mass is 203 g/mol. The lowest BCUT2D eigenvalue weighted by Gasteiger charge is -2.25. The number of hydrogen-bond acceptors (Lipinski definition) is 4. The molecule has 1 heterocycles. The van der Waals surface area contributed by atoms with Crippen LogP contribution in [0.5, 0.6) is 0 Å². The van der Waals surface area contributed by atoms with Crippen LogP contribution in [0.25, 0.3) is 0 Å². The molecule has 5 nitrogen and oxygen atoms in total. The first-order valence-electron chi connectivity index (χ1n) is 4.47. The predicted molar refractivity (Wildman–Crippen MR) is 51.8 cm³/mol. The maximum Gasteiger partial charge on any atom is 0.246 e. The summed E-state index contributed by atoms with van der Waals surface area (Å²) >= 11 is 0. The molecule has 1 fully saturated rings. The second-order valence-corrected chi connectivity index (χ2v) is 2.59. The van der Waals surface area contributed by atoms with Crippen LogP contribution in [-0.2, 0) is 9.53 Å². The molecule has 1 aliphatic rings. The fraction of sp³-hybridized carbons (Fsp3) is 0.667. The van der Waals surface area contributed by atoms with E-state index in [1.54, 1.807) is 4.90 Å². The average molecular weight is 203 g/mol. The van der Waals surface area contributed by atoms with Crippen LogP contribution in [0.3, 0.4) is 0 Å². The molecule has 0 unspecified atom stereocenters. The van der Waals surface area contributed by atoms with E-state index in [0.717, 1.165) is 0 Å². The normalized spacial score (nSPS) is 15.4. The maximum atomic E-state index is 10.9. The zero-order chi connectivity index (χ0) is 10.8. The van der Waals surface area contributed by atoms with Crippen molar-refractivity contribution in [2.45, 2.75) is 0 Å². The Morgan fingerprint density at radius 3 is 2.21 bits per heavy atom. The number of nitrogens with zero attached hydrogens (tertiary/aromatic N) is 1. The van der Waals surface area contributed by atoms with Crippen molar-refractivity contribution in [2.75, 3.05) is 39.5 Å². The molecule has 0 radical (unpaired) electrons. The van der Waals surface area contributed by atoms with Crippen LogP contribution in [0.15, 0.2) is 12.7 Å². The van der Waals surface area contributed by atoms with Gasteiger partial charge < -0.3 is 19.8 Å². The third-order valence-electron chi connectivity index (χ3n) is 1.60. The molecule has 0 aliphatic carbocycles. The molecule has 2 N–H and O–H groups in total. The second-order valence-electron chi connectivity index (χ2n) is 2.59. The standard InChI is InChI=1S/C7H11NO2.C2H6O2/c1-2-7(9)8-3-5-10-6-4-8;3-1-2-4/h2H,1,3-6H2;3-4H,1-2H2. The molecular weight excluding hydrogens is 186 g/mol. The minimum Gasteiger partial charge on any atom is -0.394 e. The highest BCUT2D eigenvalue weighted by Crippen LogP contribution is 1.96. The predicted octanol–water partition coefficient (Wildman–Crippen LogP) is -0.998. The van der Waals surface area contributed by atoms with Crippen molar-refractivity contribution in [3.05, 3.63) is 12.7 Å². The molecule has 0 spiro atoms. The highest BCUT2D eigenvalue weighted by atomic mass is 16.5. The Morgan fingerprint density at radius 2 is 1.86 bits per heavy atom. The van der Waals surface area contributed by atoms with E-state index in [2.05, 4.69) is 6.58 Å². The molecule has 1 saturated heterocycles. The van der Waals surface area contributed by atoms with Gasteiger partial charge in [0.25, 0.3) is 0 Å². The van der Waals surface area contributed by atoms with Gasteiger partial charge in [-0.2, -0.15) is 0 Å². The molecule has 1 amide bonds. The zero-order valence-electron chi connectivity index (χ0n) is 8.19. The Labute approximate surface area is 83.6 Å². The van der Waals surface area contributed by atoms with Gasteiger partial charge in [-0.05, 0) is 6.08 Å². The highest BCUT2D eigenvalue weighted by molar-refractivity contribution is 5.87. The van der Waals surface area contributed by atoms with Crippen LogP contribution < -0.4 is 0 Å². The van der Waals surface area contributed by atoms with E-state index in [0.29, 0.717) is 26.3 Å². The van der Waals surface area contributed by atoms with Gasteiger partial charge in [0.15, 0.2) is 0 Å². The summed E-state index contributed by atoms with van der Waals surface area (Å²) in [4.78, 5) is 12.7. The van der Waals surface area contributed by atoms with E-state index in [4.69, 9.17) is 14.9 Å². The number of hydrogen-bond donors (Lipinski definition) is 2. The Bertz CT molecular complexity index is 164. The van der Waals surface area contributed by atoms with Gasteiger partial charge in [-0.3, -0.25) is 4.79 Å². The smallest absolute Gasteiger partial charge is 0.246 e. The fourth-order valence-corrected chi connectivity index (χ4v) is 0.913. The van der Waals surface area contributed by atoms with E-state index in [1.807, 2.05) is 0 Å². The molecule has 0 aromatic rings. The van der Waals surface area contributed by atoms with Crippen LogP contribution >= 0.6 is 0 Å². The SMILES string of the molecule is C=CC(=O)N1CCOCC1.OCCO. The summed E-state index contributed by atoms with van der Waals surface area (Å²) in [6.07, 6.45) is 1.34. The molecule has 14 heavy (non-hydrogen) atoms. The largest absolute Gasteiger partial charge is 0.394 e. The van der Waals surface area contributed by atoms with Crippen LogP contribution in [0.1, 0.15) is 0 Å². The Kier molecular flexibility index (Phi) is 8.11. The molecule has 0 saturated carbocycles. The Morgan fingerprint density at radius 1 is 1.36 bits per heavy atom. The van der Waals surface area contributed by atoms with Crippen molar-refractivity contribution in [1.82, 2.24) is 4.90 Å². The molecule has 5 heteroatoms. The summed E-state index contributed by atoms with van der Waals surface area (Å²) in [6.45, 7) is 5.86. The van der Waals surface area contributed by atoms with Crippen LogP contribution in [0.4, 0.5) is 0 Å². The minimum absolute atomic E-state index is 0.00306. The summed E-state index contributed by atoms with van der Waals surface area (Å²) in [5.41, 5.74) is 0. The van der Waals surface area contributed by atoms with Gasteiger partial charge >= 0.3 is 0 Å². The van der Waals surface area contributed by atoms with E-state index in [-0.39, 0.29) is 19.1 Å². The number of carbonyl (C=O) groups is 1. The van der Waals surface area contributed by atoms with Crippen LogP contribution in [0, 0.1) is 0 Å². The number of carbonyl (C=O) groups excluding carboxylic acids is 1. The van der Waals surface area contributed by atoms with Gasteiger partial charge in [-0.25, -0.2) is 0 Å². The van der Waals surface area contributed by atoms with Crippen LogP contribution in [0.2, 0.25) is 0 Å². The van der Waals surface area contributed by atoms with E-state index < -0.39 is 0 Å². The highest BCUT2D eigenvalue weighted by Gasteiger charge is 2.12. The van der Waals surface area contributed by atoms with Gasteiger partial charge in [0.2, 0.25) is 5.91 Å². The first-order chi connectivity index (χ1) is 6.76. The van der Waals surface area contributed by atoms with Crippen molar-refractivity contribution < 1.29 is 19.7 Å². The molecule has 1 aliphatic heterocycles. The Balaban J connectivity index is 0.000000364. The van der Waals surface area contributed by atoms with Crippen molar-refractivity contribution in [3.8, 4) is 0 Å². The summed E-state index contributed by atoms with van der Waals surface area (Å²) in [5, 5.41) is 15.2. The van der Waals surface area contributed by atoms with Gasteiger partial charge in [0.05, 0.1) is 26.4 Å². The summed E-state index contributed by atoms with van der Waals surface area (Å²) in [6, 6.07) is 0. The lowest BCUT2D eigenvalue weighted by Crippen LogP contribution is -2.39. The molecule has 82 valence electrons. The topological polar surface area (TPSA) is 70.0 Å². The minimum atomic E-state index is -0.125. The maximum absolute atomic E-state index is 10.9.